The van der Waals surface area contributed by atoms with Gasteiger partial charge in [-0.1, -0.05) is 0 Å². The number of halogens is 1. The first-order valence-corrected chi connectivity index (χ1v) is 5.21. The molecule has 1 fully saturated rings. The van der Waals surface area contributed by atoms with Gasteiger partial charge in [-0.15, -0.1) is 0 Å². The zero-order chi connectivity index (χ0) is 12.4. The van der Waals surface area contributed by atoms with E-state index < -0.39 is 17.8 Å². The fourth-order valence-electron chi connectivity index (χ4n) is 1.73. The van der Waals surface area contributed by atoms with Crippen molar-refractivity contribution in [2.75, 3.05) is 11.1 Å². The van der Waals surface area contributed by atoms with Crippen LogP contribution in [0.3, 0.4) is 0 Å². The molecule has 1 aromatic rings. The van der Waals surface area contributed by atoms with Crippen LogP contribution in [0.25, 0.3) is 0 Å². The summed E-state index contributed by atoms with van der Waals surface area (Å²) in [5, 5.41) is 5.06. The fraction of sp³-hybridized carbons (Fsp3) is 0.273. The molecular formula is C11H12FN3O2. The normalized spacial score (nSPS) is 19.9. The van der Waals surface area contributed by atoms with E-state index in [-0.39, 0.29) is 18.0 Å². The van der Waals surface area contributed by atoms with Gasteiger partial charge in [0.25, 0.3) is 0 Å². The fourth-order valence-corrected chi connectivity index (χ4v) is 1.73. The van der Waals surface area contributed by atoms with Crippen molar-refractivity contribution in [3.63, 3.8) is 0 Å². The van der Waals surface area contributed by atoms with Crippen molar-refractivity contribution >= 4 is 23.2 Å². The average Bonchev–Trinajstić information content (AvgIpc) is 2.21. The summed E-state index contributed by atoms with van der Waals surface area (Å²) in [5.74, 6) is -1.16. The molecule has 1 saturated heterocycles. The van der Waals surface area contributed by atoms with Crippen molar-refractivity contribution in [2.24, 2.45) is 0 Å². The summed E-state index contributed by atoms with van der Waals surface area (Å²) >= 11 is 0. The van der Waals surface area contributed by atoms with Gasteiger partial charge >= 0.3 is 0 Å². The van der Waals surface area contributed by atoms with Crippen molar-refractivity contribution in [3.05, 3.63) is 24.0 Å². The molecule has 2 amide bonds. The number of piperidine rings is 1. The predicted molar refractivity (Wildman–Crippen MR) is 60.6 cm³/mol. The molecule has 0 aromatic heterocycles. The number of hydrogen-bond donors (Lipinski definition) is 3. The number of benzene rings is 1. The Labute approximate surface area is 97.2 Å². The van der Waals surface area contributed by atoms with Crippen molar-refractivity contribution in [3.8, 4) is 0 Å². The number of anilines is 2. The van der Waals surface area contributed by atoms with Crippen molar-refractivity contribution in [1.82, 2.24) is 5.32 Å². The molecule has 17 heavy (non-hydrogen) atoms. The largest absolute Gasteiger partial charge is 0.399 e. The van der Waals surface area contributed by atoms with Crippen molar-refractivity contribution in [2.45, 2.75) is 18.9 Å². The molecule has 1 aromatic carbocycles. The molecular weight excluding hydrogens is 225 g/mol. The molecule has 5 nitrogen and oxygen atoms in total. The molecule has 0 bridgehead atoms. The van der Waals surface area contributed by atoms with Gasteiger partial charge < -0.3 is 11.1 Å². The number of nitrogens with two attached hydrogens (primary N) is 1. The smallest absolute Gasteiger partial charge is 0.249 e. The number of rotatable bonds is 2. The van der Waals surface area contributed by atoms with E-state index in [9.17, 15) is 14.0 Å². The first kappa shape index (κ1) is 11.4. The number of carbonyl (C=O) groups is 2. The van der Waals surface area contributed by atoms with Crippen molar-refractivity contribution < 1.29 is 14.0 Å². The molecule has 0 spiro atoms. The van der Waals surface area contributed by atoms with Crippen LogP contribution in [0, 0.1) is 5.82 Å². The Hall–Kier alpha value is -2.11. The Morgan fingerprint density at radius 3 is 2.76 bits per heavy atom. The SMILES string of the molecule is Nc1cc(F)cc(NC2CCC(=O)NC2=O)c1. The molecule has 0 radical (unpaired) electrons. The van der Waals surface area contributed by atoms with Gasteiger partial charge in [0, 0.05) is 17.8 Å². The molecule has 1 aliphatic heterocycles. The summed E-state index contributed by atoms with van der Waals surface area (Å²) in [7, 11) is 0. The van der Waals surface area contributed by atoms with E-state index in [4.69, 9.17) is 5.73 Å². The van der Waals surface area contributed by atoms with Gasteiger partial charge in [-0.3, -0.25) is 14.9 Å². The third kappa shape index (κ3) is 2.72. The van der Waals surface area contributed by atoms with E-state index >= 15 is 0 Å². The number of amides is 2. The summed E-state index contributed by atoms with van der Waals surface area (Å²) in [5.41, 5.74) is 6.19. The third-order valence-electron chi connectivity index (χ3n) is 2.50. The van der Waals surface area contributed by atoms with Gasteiger partial charge in [-0.05, 0) is 24.6 Å². The first-order chi connectivity index (χ1) is 8.04. The van der Waals surface area contributed by atoms with E-state index in [1.165, 1.54) is 18.2 Å². The van der Waals surface area contributed by atoms with Gasteiger partial charge in [0.15, 0.2) is 0 Å². The van der Waals surface area contributed by atoms with Gasteiger partial charge in [-0.2, -0.15) is 0 Å². The Balaban J connectivity index is 2.10. The molecule has 0 aliphatic carbocycles. The van der Waals surface area contributed by atoms with E-state index in [2.05, 4.69) is 10.6 Å². The molecule has 1 unspecified atom stereocenters. The van der Waals surface area contributed by atoms with E-state index in [1.807, 2.05) is 0 Å². The zero-order valence-corrected chi connectivity index (χ0v) is 9.00. The van der Waals surface area contributed by atoms with Crippen LogP contribution in [0.1, 0.15) is 12.8 Å². The highest BCUT2D eigenvalue weighted by Gasteiger charge is 2.26. The van der Waals surface area contributed by atoms with Crippen LogP contribution in [0.4, 0.5) is 15.8 Å². The second-order valence-corrected chi connectivity index (χ2v) is 3.92. The van der Waals surface area contributed by atoms with Crippen LogP contribution in [0.15, 0.2) is 18.2 Å². The average molecular weight is 237 g/mol. The summed E-state index contributed by atoms with van der Waals surface area (Å²) < 4.78 is 13.1. The van der Waals surface area contributed by atoms with Crippen LogP contribution < -0.4 is 16.4 Å². The second kappa shape index (κ2) is 4.40. The van der Waals surface area contributed by atoms with Crippen LogP contribution >= 0.6 is 0 Å². The summed E-state index contributed by atoms with van der Waals surface area (Å²) in [4.78, 5) is 22.4. The molecule has 2 rings (SSSR count). The van der Waals surface area contributed by atoms with Gasteiger partial charge in [0.1, 0.15) is 11.9 Å². The summed E-state index contributed by atoms with van der Waals surface area (Å²) in [6.07, 6.45) is 0.662. The minimum Gasteiger partial charge on any atom is -0.399 e. The standard InChI is InChI=1S/C11H12FN3O2/c12-6-3-7(13)5-8(4-6)14-9-1-2-10(16)15-11(9)17/h3-5,9,14H,1-2,13H2,(H,15,16,17). The topological polar surface area (TPSA) is 84.2 Å². The predicted octanol–water partition coefficient (Wildman–Crippen LogP) is 0.625. The lowest BCUT2D eigenvalue weighted by atomic mass is 10.1. The molecule has 1 atom stereocenters. The molecule has 1 aliphatic rings. The molecule has 1 heterocycles. The highest BCUT2D eigenvalue weighted by atomic mass is 19.1. The van der Waals surface area contributed by atoms with Gasteiger partial charge in [0.05, 0.1) is 0 Å². The first-order valence-electron chi connectivity index (χ1n) is 5.21. The Morgan fingerprint density at radius 2 is 2.12 bits per heavy atom. The molecule has 6 heteroatoms. The highest BCUT2D eigenvalue weighted by Crippen LogP contribution is 2.18. The Kier molecular flexibility index (Phi) is 2.95. The number of nitrogen functional groups attached to an aromatic ring is 1. The lowest BCUT2D eigenvalue weighted by Crippen LogP contribution is -2.47. The van der Waals surface area contributed by atoms with Gasteiger partial charge in [0.2, 0.25) is 11.8 Å². The van der Waals surface area contributed by atoms with E-state index in [0.717, 1.165) is 0 Å². The van der Waals surface area contributed by atoms with E-state index in [1.54, 1.807) is 0 Å². The Morgan fingerprint density at radius 1 is 1.35 bits per heavy atom. The molecule has 90 valence electrons. The second-order valence-electron chi connectivity index (χ2n) is 3.92. The third-order valence-corrected chi connectivity index (χ3v) is 2.50. The quantitative estimate of drug-likeness (QED) is 0.520. The number of imide groups is 1. The van der Waals surface area contributed by atoms with Crippen LogP contribution in [0.5, 0.6) is 0 Å². The molecule has 0 saturated carbocycles. The van der Waals surface area contributed by atoms with Crippen LogP contribution in [-0.2, 0) is 9.59 Å². The maximum absolute atomic E-state index is 13.1. The van der Waals surface area contributed by atoms with Gasteiger partial charge in [-0.25, -0.2) is 4.39 Å². The number of hydrogen-bond acceptors (Lipinski definition) is 4. The van der Waals surface area contributed by atoms with E-state index in [0.29, 0.717) is 12.1 Å². The zero-order valence-electron chi connectivity index (χ0n) is 9.00. The van der Waals surface area contributed by atoms with Crippen molar-refractivity contribution in [1.29, 1.82) is 0 Å². The van der Waals surface area contributed by atoms with Crippen LogP contribution in [-0.4, -0.2) is 17.9 Å². The summed E-state index contributed by atoms with van der Waals surface area (Å²) in [6.45, 7) is 0. The highest BCUT2D eigenvalue weighted by molar-refractivity contribution is 6.01. The summed E-state index contributed by atoms with van der Waals surface area (Å²) in [6, 6.07) is 3.44. The minimum absolute atomic E-state index is 0.272. The maximum atomic E-state index is 13.1. The Bertz CT molecular complexity index is 456. The van der Waals surface area contributed by atoms with Crippen LogP contribution in [0.2, 0.25) is 0 Å². The lowest BCUT2D eigenvalue weighted by molar-refractivity contribution is -0.133. The maximum Gasteiger partial charge on any atom is 0.249 e. The minimum atomic E-state index is -0.533. The monoisotopic (exact) mass is 237 g/mol. The lowest BCUT2D eigenvalue weighted by Gasteiger charge is -2.22. The number of carbonyl (C=O) groups excluding carboxylic acids is 2. The molecule has 4 N–H and O–H groups in total. The number of nitrogens with one attached hydrogen (secondary N) is 2.